The van der Waals surface area contributed by atoms with Crippen LogP contribution < -0.4 is 16.2 Å². The number of ether oxygens (including phenoxy) is 1. The Morgan fingerprint density at radius 1 is 1.18 bits per heavy atom. The standard InChI is InChI=1S/C28H30F4N6O7/c1-33-22(39)7-5-4-6-21(45-27(44)36(2)3)24(40)35-20-13-34-15-37(25(20)41)14-19-12-17-11-18(29)10-16(8-9-28(30,31)32)23(17)38(19)26(42)43/h5,7,10-13,15,21H,4,6,8-9,14H2,1-3H3,(H,33,39)(H,35,40)(H,42,43)/b7-5+/t21-/m0/s1. The van der Waals surface area contributed by atoms with Gasteiger partial charge in [-0.3, -0.25) is 19.0 Å². The van der Waals surface area contributed by atoms with E-state index < -0.39 is 61.1 Å². The molecule has 3 amide bonds. The summed E-state index contributed by atoms with van der Waals surface area (Å²) < 4.78 is 59.8. The minimum absolute atomic E-state index is 0.00561. The number of benzene rings is 1. The van der Waals surface area contributed by atoms with E-state index >= 15 is 0 Å². The van der Waals surface area contributed by atoms with Crippen molar-refractivity contribution in [2.75, 3.05) is 26.5 Å². The number of nitrogens with zero attached hydrogens (tertiary/aromatic N) is 4. The highest BCUT2D eigenvalue weighted by atomic mass is 19.4. The molecule has 3 rings (SSSR count). The summed E-state index contributed by atoms with van der Waals surface area (Å²) in [5.41, 5.74) is -1.65. The number of hydrogen-bond acceptors (Lipinski definition) is 7. The summed E-state index contributed by atoms with van der Waals surface area (Å²) in [5.74, 6) is -2.15. The number of fused-ring (bicyclic) bond motifs is 1. The molecule has 0 bridgehead atoms. The number of aromatic nitrogens is 3. The van der Waals surface area contributed by atoms with Crippen LogP contribution in [0.5, 0.6) is 0 Å². The van der Waals surface area contributed by atoms with E-state index in [1.807, 2.05) is 0 Å². The number of carboxylic acid groups (broad SMARTS) is 1. The lowest BCUT2D eigenvalue weighted by atomic mass is 10.1. The lowest BCUT2D eigenvalue weighted by molar-refractivity contribution is -0.134. The molecule has 2 aromatic heterocycles. The first-order chi connectivity index (χ1) is 21.1. The molecule has 1 atom stereocenters. The van der Waals surface area contributed by atoms with Crippen LogP contribution >= 0.6 is 0 Å². The van der Waals surface area contributed by atoms with Crippen molar-refractivity contribution in [1.29, 1.82) is 0 Å². The van der Waals surface area contributed by atoms with Gasteiger partial charge in [0.2, 0.25) is 5.91 Å². The Morgan fingerprint density at radius 2 is 1.89 bits per heavy atom. The predicted octanol–water partition coefficient (Wildman–Crippen LogP) is 3.49. The Morgan fingerprint density at radius 3 is 2.51 bits per heavy atom. The first kappa shape index (κ1) is 34.3. The molecule has 3 N–H and O–H groups in total. The highest BCUT2D eigenvalue weighted by molar-refractivity contribution is 5.95. The van der Waals surface area contributed by atoms with Crippen LogP contribution in [0.25, 0.3) is 10.9 Å². The van der Waals surface area contributed by atoms with Gasteiger partial charge < -0.3 is 25.4 Å². The van der Waals surface area contributed by atoms with Gasteiger partial charge in [-0.25, -0.2) is 23.5 Å². The maximum absolute atomic E-state index is 14.3. The van der Waals surface area contributed by atoms with Crippen LogP contribution in [0.3, 0.4) is 0 Å². The maximum Gasteiger partial charge on any atom is 0.416 e. The topological polar surface area (TPSA) is 165 Å². The van der Waals surface area contributed by atoms with Gasteiger partial charge in [0.1, 0.15) is 11.5 Å². The second-order valence-corrected chi connectivity index (χ2v) is 9.96. The molecule has 0 aliphatic rings. The highest BCUT2D eigenvalue weighted by Gasteiger charge is 2.29. The van der Waals surface area contributed by atoms with Crippen molar-refractivity contribution >= 4 is 40.6 Å². The third-order valence-corrected chi connectivity index (χ3v) is 6.39. The lowest BCUT2D eigenvalue weighted by Crippen LogP contribution is -2.37. The van der Waals surface area contributed by atoms with Crippen LogP contribution in [0, 0.1) is 5.82 Å². The van der Waals surface area contributed by atoms with Crippen molar-refractivity contribution in [1.82, 2.24) is 24.3 Å². The number of carbonyl (C=O) groups is 4. The highest BCUT2D eigenvalue weighted by Crippen LogP contribution is 2.29. The molecule has 0 aliphatic heterocycles. The fourth-order valence-electron chi connectivity index (χ4n) is 4.28. The number of hydrogen-bond donors (Lipinski definition) is 3. The van der Waals surface area contributed by atoms with Gasteiger partial charge in [-0.15, -0.1) is 0 Å². The number of carbonyl (C=O) groups excluding carboxylic acids is 3. The van der Waals surface area contributed by atoms with Gasteiger partial charge in [0.05, 0.1) is 30.3 Å². The largest absolute Gasteiger partial charge is 0.464 e. The molecule has 0 saturated carbocycles. The number of anilines is 1. The van der Waals surface area contributed by atoms with Crippen LogP contribution in [0.1, 0.15) is 30.5 Å². The molecule has 17 heteroatoms. The van der Waals surface area contributed by atoms with Gasteiger partial charge in [-0.1, -0.05) is 6.08 Å². The Balaban J connectivity index is 1.92. The summed E-state index contributed by atoms with van der Waals surface area (Å²) in [6.07, 6.45) is -5.54. The Labute approximate surface area is 253 Å². The second-order valence-electron chi connectivity index (χ2n) is 9.96. The van der Waals surface area contributed by atoms with Gasteiger partial charge in [0.25, 0.3) is 11.5 Å². The van der Waals surface area contributed by atoms with E-state index in [0.717, 1.165) is 34.1 Å². The number of alkyl halides is 3. The summed E-state index contributed by atoms with van der Waals surface area (Å²) >= 11 is 0. The van der Waals surface area contributed by atoms with E-state index in [1.54, 1.807) is 0 Å². The number of rotatable bonds is 11. The van der Waals surface area contributed by atoms with Crippen LogP contribution in [0.15, 0.2) is 47.7 Å². The molecule has 3 aromatic rings. The number of nitrogens with one attached hydrogen (secondary N) is 2. The molecule has 0 spiro atoms. The molecule has 242 valence electrons. The lowest BCUT2D eigenvalue weighted by Gasteiger charge is -2.19. The Bertz CT molecular complexity index is 1680. The van der Waals surface area contributed by atoms with E-state index in [4.69, 9.17) is 4.74 Å². The average Bonchev–Trinajstić information content (AvgIpc) is 3.32. The average molecular weight is 639 g/mol. The first-order valence-electron chi connectivity index (χ1n) is 13.4. The fourth-order valence-corrected chi connectivity index (χ4v) is 4.28. The zero-order valence-electron chi connectivity index (χ0n) is 24.4. The minimum Gasteiger partial charge on any atom is -0.464 e. The van der Waals surface area contributed by atoms with Crippen LogP contribution in [-0.2, 0) is 27.3 Å². The van der Waals surface area contributed by atoms with Gasteiger partial charge in [-0.05, 0) is 49.1 Å². The molecule has 0 saturated heterocycles. The van der Waals surface area contributed by atoms with Crippen molar-refractivity contribution < 1.29 is 46.6 Å². The number of halogens is 4. The van der Waals surface area contributed by atoms with Crippen molar-refractivity contribution in [3.8, 4) is 0 Å². The van der Waals surface area contributed by atoms with Gasteiger partial charge in [-0.2, -0.15) is 13.2 Å². The van der Waals surface area contributed by atoms with Crippen molar-refractivity contribution in [2.45, 2.75) is 44.5 Å². The second kappa shape index (κ2) is 14.5. The van der Waals surface area contributed by atoms with Crippen LogP contribution in [-0.4, -0.2) is 81.5 Å². The molecular formula is C28H30F4N6O7. The quantitative estimate of drug-likeness (QED) is 0.212. The SMILES string of the molecule is CNC(=O)/C=C/CC[C@H](OC(=O)N(C)C)C(=O)Nc1cncn(Cc2cc3cc(F)cc(CCC(F)(F)F)c3n2C(=O)O)c1=O. The molecule has 0 fully saturated rings. The summed E-state index contributed by atoms with van der Waals surface area (Å²) in [6.45, 7) is -0.472. The fraction of sp³-hybridized carbons (Fsp3) is 0.357. The van der Waals surface area contributed by atoms with E-state index in [9.17, 15) is 46.6 Å². The molecule has 0 radical (unpaired) electrons. The zero-order valence-corrected chi connectivity index (χ0v) is 24.4. The normalized spacial score (nSPS) is 12.2. The Kier molecular flexibility index (Phi) is 11.0. The van der Waals surface area contributed by atoms with Crippen molar-refractivity contribution in [3.05, 3.63) is 70.3 Å². The smallest absolute Gasteiger partial charge is 0.416 e. The van der Waals surface area contributed by atoms with Crippen LogP contribution in [0.2, 0.25) is 0 Å². The number of amides is 3. The van der Waals surface area contributed by atoms with Gasteiger partial charge in [0, 0.05) is 33.0 Å². The molecule has 0 unspecified atom stereocenters. The number of aryl methyl sites for hydroxylation is 1. The third kappa shape index (κ3) is 9.14. The maximum atomic E-state index is 14.3. The molecule has 13 nitrogen and oxygen atoms in total. The van der Waals surface area contributed by atoms with Gasteiger partial charge >= 0.3 is 18.4 Å². The van der Waals surface area contributed by atoms with E-state index in [1.165, 1.54) is 39.4 Å². The first-order valence-corrected chi connectivity index (χ1v) is 13.4. The molecule has 1 aromatic carbocycles. The summed E-state index contributed by atoms with van der Waals surface area (Å²) in [7, 11) is 4.22. The molecular weight excluding hydrogens is 608 g/mol. The molecule has 0 aliphatic carbocycles. The van der Waals surface area contributed by atoms with E-state index in [0.29, 0.717) is 4.57 Å². The minimum atomic E-state index is -4.57. The Hall–Kier alpha value is -5.22. The summed E-state index contributed by atoms with van der Waals surface area (Å²) in [6, 6.07) is 3.02. The molecule has 45 heavy (non-hydrogen) atoms. The van der Waals surface area contributed by atoms with E-state index in [2.05, 4.69) is 15.6 Å². The van der Waals surface area contributed by atoms with Crippen molar-refractivity contribution in [3.63, 3.8) is 0 Å². The van der Waals surface area contributed by atoms with E-state index in [-0.39, 0.29) is 46.6 Å². The predicted molar refractivity (Wildman–Crippen MR) is 152 cm³/mol. The van der Waals surface area contributed by atoms with Crippen molar-refractivity contribution in [2.24, 2.45) is 0 Å². The monoisotopic (exact) mass is 638 g/mol. The molecule has 2 heterocycles. The number of likely N-dealkylation sites (N-methyl/N-ethyl adjacent to an activating group) is 1. The number of allylic oxidation sites excluding steroid dienone is 1. The zero-order chi connectivity index (χ0) is 33.5. The van der Waals surface area contributed by atoms with Crippen LogP contribution in [0.4, 0.5) is 32.8 Å². The van der Waals surface area contributed by atoms with Gasteiger partial charge in [0.15, 0.2) is 6.10 Å². The summed E-state index contributed by atoms with van der Waals surface area (Å²) in [5, 5.41) is 14.6. The third-order valence-electron chi connectivity index (χ3n) is 6.39. The summed E-state index contributed by atoms with van der Waals surface area (Å²) in [4.78, 5) is 67.1.